The topological polar surface area (TPSA) is 101 Å². The van der Waals surface area contributed by atoms with Crippen molar-refractivity contribution in [1.29, 1.82) is 0 Å². The van der Waals surface area contributed by atoms with Gasteiger partial charge in [0.05, 0.1) is 4.90 Å². The fourth-order valence-corrected chi connectivity index (χ4v) is 5.12. The van der Waals surface area contributed by atoms with Crippen LogP contribution in [0.5, 0.6) is 0 Å². The van der Waals surface area contributed by atoms with E-state index in [0.29, 0.717) is 28.7 Å². The van der Waals surface area contributed by atoms with Gasteiger partial charge in [-0.3, -0.25) is 4.79 Å². The molecule has 0 aliphatic rings. The first-order valence-electron chi connectivity index (χ1n) is 9.29. The van der Waals surface area contributed by atoms with Gasteiger partial charge in [-0.15, -0.1) is 22.0 Å². The summed E-state index contributed by atoms with van der Waals surface area (Å²) in [5, 5.41) is 11.8. The number of sulfonamides is 1. The number of nitrogens with one attached hydrogen (secondary N) is 2. The molecule has 0 atom stereocenters. The third-order valence-electron chi connectivity index (χ3n) is 4.02. The molecule has 0 unspecified atom stereocenters. The van der Waals surface area contributed by atoms with Crippen molar-refractivity contribution in [2.75, 3.05) is 17.6 Å². The number of anilines is 1. The number of carbonyl (C=O) groups excluding carboxylic acids is 1. The van der Waals surface area contributed by atoms with Gasteiger partial charge >= 0.3 is 0 Å². The molecule has 30 heavy (non-hydrogen) atoms. The van der Waals surface area contributed by atoms with Crippen molar-refractivity contribution in [2.24, 2.45) is 0 Å². The van der Waals surface area contributed by atoms with Gasteiger partial charge in [-0.2, -0.15) is 0 Å². The first-order valence-corrected chi connectivity index (χ1v) is 12.6. The van der Waals surface area contributed by atoms with Gasteiger partial charge in [-0.25, -0.2) is 13.1 Å². The number of nitrogens with zero attached hydrogens (tertiary/aromatic N) is 2. The molecule has 158 valence electrons. The van der Waals surface area contributed by atoms with E-state index in [1.165, 1.54) is 11.3 Å². The van der Waals surface area contributed by atoms with Crippen LogP contribution in [0.3, 0.4) is 0 Å². The smallest absolute Gasteiger partial charge is 0.240 e. The molecule has 0 fully saturated rings. The number of aryl methyl sites for hydroxylation is 1. The minimum absolute atomic E-state index is 0.124. The summed E-state index contributed by atoms with van der Waals surface area (Å²) in [6, 6.07) is 16.6. The van der Waals surface area contributed by atoms with Gasteiger partial charge in [0.15, 0.2) is 0 Å². The van der Waals surface area contributed by atoms with Crippen LogP contribution in [-0.4, -0.2) is 36.8 Å². The molecular weight excluding hydrogens is 440 g/mol. The fourth-order valence-electron chi connectivity index (χ4n) is 2.46. The Bertz CT molecular complexity index is 1070. The highest BCUT2D eigenvalue weighted by Gasteiger charge is 2.14. The van der Waals surface area contributed by atoms with Crippen LogP contribution < -0.4 is 10.0 Å². The second-order valence-electron chi connectivity index (χ2n) is 6.42. The molecule has 0 bridgehead atoms. The highest BCUT2D eigenvalue weighted by Crippen LogP contribution is 2.19. The van der Waals surface area contributed by atoms with Crippen LogP contribution in [0.25, 0.3) is 0 Å². The van der Waals surface area contributed by atoms with E-state index in [1.807, 2.05) is 37.3 Å². The highest BCUT2D eigenvalue weighted by molar-refractivity contribution is 7.99. The summed E-state index contributed by atoms with van der Waals surface area (Å²) in [4.78, 5) is 13.4. The van der Waals surface area contributed by atoms with Gasteiger partial charge in [0.25, 0.3) is 0 Å². The van der Waals surface area contributed by atoms with Crippen LogP contribution in [0.2, 0.25) is 0 Å². The Morgan fingerprint density at radius 1 is 1.07 bits per heavy atom. The van der Waals surface area contributed by atoms with Crippen LogP contribution in [0.4, 0.5) is 5.13 Å². The van der Waals surface area contributed by atoms with E-state index in [1.54, 1.807) is 36.0 Å². The molecule has 1 amide bonds. The minimum atomic E-state index is -3.56. The Kier molecular flexibility index (Phi) is 7.97. The van der Waals surface area contributed by atoms with Crippen LogP contribution in [0.15, 0.2) is 64.4 Å². The van der Waals surface area contributed by atoms with Crippen molar-refractivity contribution in [1.82, 2.24) is 14.9 Å². The first-order chi connectivity index (χ1) is 14.4. The van der Waals surface area contributed by atoms with Crippen molar-refractivity contribution in [2.45, 2.75) is 29.6 Å². The van der Waals surface area contributed by atoms with Crippen LogP contribution in [0, 0.1) is 6.92 Å². The molecule has 0 saturated carbocycles. The highest BCUT2D eigenvalue weighted by atomic mass is 32.2. The third-order valence-corrected chi connectivity index (χ3v) is 7.41. The van der Waals surface area contributed by atoms with E-state index in [2.05, 4.69) is 20.2 Å². The van der Waals surface area contributed by atoms with E-state index in [-0.39, 0.29) is 17.3 Å². The van der Waals surface area contributed by atoms with Crippen molar-refractivity contribution < 1.29 is 13.2 Å². The average molecular weight is 463 g/mol. The standard InChI is InChI=1S/C20H22N4O3S3/c1-15-7-9-17(10-8-15)30(26,27)21-13-11-19-23-24-20(29-19)22-18(25)12-14-28-16-5-3-2-4-6-16/h2-10,21H,11-14H2,1H3,(H,22,24,25). The molecule has 0 saturated heterocycles. The Labute approximate surface area is 184 Å². The maximum absolute atomic E-state index is 12.3. The Balaban J connectivity index is 1.41. The summed E-state index contributed by atoms with van der Waals surface area (Å²) in [5.41, 5.74) is 0.996. The normalized spacial score (nSPS) is 11.4. The number of thioether (sulfide) groups is 1. The quantitative estimate of drug-likeness (QED) is 0.447. The molecule has 2 N–H and O–H groups in total. The minimum Gasteiger partial charge on any atom is -0.301 e. The predicted molar refractivity (Wildman–Crippen MR) is 120 cm³/mol. The first kappa shape index (κ1) is 22.4. The molecule has 3 rings (SSSR count). The van der Waals surface area contributed by atoms with Crippen LogP contribution in [-0.2, 0) is 21.2 Å². The molecular formula is C20H22N4O3S3. The number of aromatic nitrogens is 2. The van der Waals surface area contributed by atoms with Gasteiger partial charge in [0.1, 0.15) is 5.01 Å². The molecule has 0 aliphatic heterocycles. The van der Waals surface area contributed by atoms with E-state index in [4.69, 9.17) is 0 Å². The summed E-state index contributed by atoms with van der Waals surface area (Å²) >= 11 is 2.86. The van der Waals surface area contributed by atoms with Crippen LogP contribution in [0.1, 0.15) is 17.0 Å². The molecule has 0 aliphatic carbocycles. The molecule has 1 aromatic heterocycles. The summed E-state index contributed by atoms with van der Waals surface area (Å²) in [6.45, 7) is 2.10. The second-order valence-corrected chi connectivity index (χ2v) is 10.4. The monoisotopic (exact) mass is 462 g/mol. The summed E-state index contributed by atoms with van der Waals surface area (Å²) < 4.78 is 27.1. The zero-order valence-corrected chi connectivity index (χ0v) is 18.8. The number of carbonyl (C=O) groups is 1. The summed E-state index contributed by atoms with van der Waals surface area (Å²) in [6.07, 6.45) is 0.757. The molecule has 2 aromatic carbocycles. The number of amides is 1. The van der Waals surface area contributed by atoms with E-state index in [0.717, 1.165) is 10.5 Å². The lowest BCUT2D eigenvalue weighted by Crippen LogP contribution is -2.25. The van der Waals surface area contributed by atoms with E-state index < -0.39 is 10.0 Å². The molecule has 3 aromatic rings. The Morgan fingerprint density at radius 3 is 2.53 bits per heavy atom. The van der Waals surface area contributed by atoms with Gasteiger partial charge < -0.3 is 5.32 Å². The SMILES string of the molecule is Cc1ccc(S(=O)(=O)NCCc2nnc(NC(=O)CCSc3ccccc3)s2)cc1. The average Bonchev–Trinajstić information content (AvgIpc) is 3.16. The number of hydrogen-bond donors (Lipinski definition) is 2. The van der Waals surface area contributed by atoms with E-state index in [9.17, 15) is 13.2 Å². The molecule has 0 spiro atoms. The molecule has 7 nitrogen and oxygen atoms in total. The van der Waals surface area contributed by atoms with Crippen LogP contribution >= 0.6 is 23.1 Å². The third kappa shape index (κ3) is 6.91. The largest absolute Gasteiger partial charge is 0.301 e. The van der Waals surface area contributed by atoms with Gasteiger partial charge in [0, 0.05) is 30.0 Å². The lowest BCUT2D eigenvalue weighted by Gasteiger charge is -2.05. The van der Waals surface area contributed by atoms with Crippen molar-refractivity contribution in [3.8, 4) is 0 Å². The van der Waals surface area contributed by atoms with E-state index >= 15 is 0 Å². The summed E-state index contributed by atoms with van der Waals surface area (Å²) in [5.74, 6) is 0.545. The van der Waals surface area contributed by atoms with Crippen molar-refractivity contribution in [3.63, 3.8) is 0 Å². The predicted octanol–water partition coefficient (Wildman–Crippen LogP) is 3.49. The Morgan fingerprint density at radius 2 is 1.80 bits per heavy atom. The van der Waals surface area contributed by atoms with Gasteiger partial charge in [0.2, 0.25) is 21.1 Å². The van der Waals surface area contributed by atoms with Gasteiger partial charge in [-0.1, -0.05) is 47.2 Å². The number of rotatable bonds is 10. The number of benzene rings is 2. The lowest BCUT2D eigenvalue weighted by atomic mass is 10.2. The molecule has 1 heterocycles. The lowest BCUT2D eigenvalue weighted by molar-refractivity contribution is -0.115. The molecule has 10 heteroatoms. The van der Waals surface area contributed by atoms with Crippen molar-refractivity contribution in [3.05, 3.63) is 65.2 Å². The zero-order valence-electron chi connectivity index (χ0n) is 16.4. The maximum Gasteiger partial charge on any atom is 0.240 e. The zero-order chi connectivity index (χ0) is 21.4. The maximum atomic E-state index is 12.3. The Hall–Kier alpha value is -2.27. The van der Waals surface area contributed by atoms with Crippen molar-refractivity contribution >= 4 is 44.2 Å². The molecule has 0 radical (unpaired) electrons. The fraction of sp³-hybridized carbons (Fsp3) is 0.250. The second kappa shape index (κ2) is 10.7. The van der Waals surface area contributed by atoms with Gasteiger partial charge in [-0.05, 0) is 31.2 Å². The summed E-state index contributed by atoms with van der Waals surface area (Å²) in [7, 11) is -3.56. The number of hydrogen-bond acceptors (Lipinski definition) is 7.